The molecule has 0 bridgehead atoms. The van der Waals surface area contributed by atoms with Gasteiger partial charge in [-0.3, -0.25) is 0 Å². The first-order valence-corrected chi connectivity index (χ1v) is 11.2. The van der Waals surface area contributed by atoms with E-state index in [-0.39, 0.29) is 50.6 Å². The number of carbonyl (C=O) groups is 2. The van der Waals surface area contributed by atoms with Gasteiger partial charge in [0.15, 0.2) is 0 Å². The molecule has 0 saturated heterocycles. The van der Waals surface area contributed by atoms with Crippen LogP contribution in [0, 0.1) is 0 Å². The van der Waals surface area contributed by atoms with Crippen molar-refractivity contribution in [3.63, 3.8) is 0 Å². The maximum absolute atomic E-state index is 10.1. The van der Waals surface area contributed by atoms with Crippen molar-refractivity contribution in [3.8, 4) is 0 Å². The summed E-state index contributed by atoms with van der Waals surface area (Å²) in [6.07, 6.45) is 8.35. The van der Waals surface area contributed by atoms with Crippen LogP contribution in [0.4, 0.5) is 0 Å². The summed E-state index contributed by atoms with van der Waals surface area (Å²) in [5.41, 5.74) is 0. The van der Waals surface area contributed by atoms with Crippen LogP contribution in [0.25, 0.3) is 0 Å². The molecule has 0 aliphatic rings. The number of hydrogen-bond donors (Lipinski definition) is 6. The Morgan fingerprint density at radius 3 is 1.33 bits per heavy atom. The molecule has 0 amide bonds. The first-order chi connectivity index (χ1) is 15.3. The van der Waals surface area contributed by atoms with Crippen molar-refractivity contribution in [3.05, 3.63) is 24.3 Å². The fraction of sp³-hybridized carbons (Fsp3) is 0.727. The molecule has 0 aromatic carbocycles. The SMILES string of the molecule is CC/C=C/C(O)CNCCNCCC(=O)[O-].CC/C=C/C(O)CNCCNCCC(=O)[O-].[Ca+2]. The zero-order valence-corrected chi connectivity index (χ0v) is 22.4. The van der Waals surface area contributed by atoms with E-state index in [0.717, 1.165) is 12.8 Å². The van der Waals surface area contributed by atoms with E-state index in [0.29, 0.717) is 52.4 Å². The van der Waals surface area contributed by atoms with Crippen LogP contribution in [0.2, 0.25) is 0 Å². The van der Waals surface area contributed by atoms with Crippen molar-refractivity contribution >= 4 is 49.7 Å². The minimum atomic E-state index is -1.04. The normalized spacial score (nSPS) is 12.7. The summed E-state index contributed by atoms with van der Waals surface area (Å²) in [4.78, 5) is 20.1. The van der Waals surface area contributed by atoms with Crippen LogP contribution in [0.5, 0.6) is 0 Å². The van der Waals surface area contributed by atoms with Gasteiger partial charge in [-0.05, 0) is 25.7 Å². The summed E-state index contributed by atoms with van der Waals surface area (Å²) in [6.45, 7) is 8.64. The average molecular weight is 499 g/mol. The van der Waals surface area contributed by atoms with Crippen molar-refractivity contribution in [2.75, 3.05) is 52.4 Å². The molecule has 0 fully saturated rings. The van der Waals surface area contributed by atoms with Crippen molar-refractivity contribution in [2.24, 2.45) is 0 Å². The molecular formula is C22H42CaN4O6. The zero-order chi connectivity index (χ0) is 24.5. The molecular weight excluding hydrogens is 456 g/mol. The average Bonchev–Trinajstić information content (AvgIpc) is 2.74. The van der Waals surface area contributed by atoms with Gasteiger partial charge >= 0.3 is 37.7 Å². The Morgan fingerprint density at radius 1 is 0.697 bits per heavy atom. The second-order valence-electron chi connectivity index (χ2n) is 6.96. The largest absolute Gasteiger partial charge is 2.00 e. The van der Waals surface area contributed by atoms with E-state index in [1.54, 1.807) is 12.2 Å². The van der Waals surface area contributed by atoms with Gasteiger partial charge in [-0.15, -0.1) is 0 Å². The molecule has 2 atom stereocenters. The number of aliphatic hydroxyl groups is 2. The summed E-state index contributed by atoms with van der Waals surface area (Å²) in [6, 6.07) is 0. The molecule has 0 rings (SSSR count). The van der Waals surface area contributed by atoms with E-state index in [2.05, 4.69) is 21.3 Å². The Hall–Kier alpha value is -0.560. The first kappa shape index (κ1) is 37.0. The van der Waals surface area contributed by atoms with Crippen LogP contribution in [0.1, 0.15) is 39.5 Å². The molecule has 0 aliphatic heterocycles. The van der Waals surface area contributed by atoms with E-state index in [4.69, 9.17) is 0 Å². The number of aliphatic hydroxyl groups excluding tert-OH is 2. The van der Waals surface area contributed by atoms with E-state index in [1.807, 2.05) is 26.0 Å². The van der Waals surface area contributed by atoms with Gasteiger partial charge in [-0.1, -0.05) is 38.2 Å². The Balaban J connectivity index is -0.000000529. The smallest absolute Gasteiger partial charge is 0.550 e. The topological polar surface area (TPSA) is 169 Å². The molecule has 0 radical (unpaired) electrons. The molecule has 11 heteroatoms. The third-order valence-electron chi connectivity index (χ3n) is 3.86. The zero-order valence-electron chi connectivity index (χ0n) is 20.2. The molecule has 0 heterocycles. The van der Waals surface area contributed by atoms with Crippen LogP contribution >= 0.6 is 0 Å². The standard InChI is InChI=1S/2C11H22N2O3.Ca/c2*1-2-3-4-10(14)9-13-8-7-12-6-5-11(15)16;/h2*3-4,10,12-14H,2,5-9H2,1H3,(H,15,16);/q;;+2/p-2/b2*4-3+;. The summed E-state index contributed by atoms with van der Waals surface area (Å²) >= 11 is 0. The second-order valence-corrected chi connectivity index (χ2v) is 6.96. The van der Waals surface area contributed by atoms with Crippen molar-refractivity contribution in [1.82, 2.24) is 21.3 Å². The van der Waals surface area contributed by atoms with Crippen LogP contribution < -0.4 is 31.5 Å². The number of nitrogens with one attached hydrogen (secondary N) is 4. The third kappa shape index (κ3) is 36.2. The minimum Gasteiger partial charge on any atom is -0.550 e. The van der Waals surface area contributed by atoms with Gasteiger partial charge in [0.05, 0.1) is 12.2 Å². The predicted molar refractivity (Wildman–Crippen MR) is 127 cm³/mol. The van der Waals surface area contributed by atoms with E-state index in [9.17, 15) is 30.0 Å². The van der Waals surface area contributed by atoms with Crippen molar-refractivity contribution < 1.29 is 30.0 Å². The van der Waals surface area contributed by atoms with Gasteiger partial charge in [-0.2, -0.15) is 0 Å². The first-order valence-electron chi connectivity index (χ1n) is 11.2. The Morgan fingerprint density at radius 2 is 1.03 bits per heavy atom. The van der Waals surface area contributed by atoms with Gasteiger partial charge in [-0.25, -0.2) is 0 Å². The van der Waals surface area contributed by atoms with Crippen LogP contribution in [-0.2, 0) is 9.59 Å². The van der Waals surface area contributed by atoms with E-state index >= 15 is 0 Å². The number of aliphatic carboxylic acids is 2. The van der Waals surface area contributed by atoms with Gasteiger partial charge < -0.3 is 51.3 Å². The number of hydrogen-bond acceptors (Lipinski definition) is 10. The van der Waals surface area contributed by atoms with Gasteiger partial charge in [0, 0.05) is 64.3 Å². The Kier molecular flexibility index (Phi) is 33.0. The van der Waals surface area contributed by atoms with E-state index < -0.39 is 24.1 Å². The maximum Gasteiger partial charge on any atom is 2.00 e. The molecule has 33 heavy (non-hydrogen) atoms. The maximum atomic E-state index is 10.1. The monoisotopic (exact) mass is 498 g/mol. The second kappa shape index (κ2) is 29.5. The number of carboxylic acid groups (broad SMARTS) is 2. The number of allylic oxidation sites excluding steroid dienone is 2. The summed E-state index contributed by atoms with van der Waals surface area (Å²) < 4.78 is 0. The molecule has 0 spiro atoms. The molecule has 6 N–H and O–H groups in total. The summed E-state index contributed by atoms with van der Waals surface area (Å²) in [5.74, 6) is -2.08. The van der Waals surface area contributed by atoms with Gasteiger partial charge in [0.2, 0.25) is 0 Å². The summed E-state index contributed by atoms with van der Waals surface area (Å²) in [7, 11) is 0. The molecule has 10 nitrogen and oxygen atoms in total. The quantitative estimate of drug-likeness (QED) is 0.0574. The molecule has 0 saturated carbocycles. The molecule has 0 aromatic heterocycles. The minimum absolute atomic E-state index is 0. The van der Waals surface area contributed by atoms with Gasteiger partial charge in [0.1, 0.15) is 0 Å². The van der Waals surface area contributed by atoms with Gasteiger partial charge in [0.25, 0.3) is 0 Å². The fourth-order valence-corrected chi connectivity index (χ4v) is 2.21. The van der Waals surface area contributed by atoms with Crippen LogP contribution in [0.3, 0.4) is 0 Å². The van der Waals surface area contributed by atoms with Crippen LogP contribution in [0.15, 0.2) is 24.3 Å². The Bertz CT molecular complexity index is 465. The number of carboxylic acids is 2. The Labute approximate surface area is 228 Å². The molecule has 2 unspecified atom stereocenters. The van der Waals surface area contributed by atoms with E-state index in [1.165, 1.54) is 0 Å². The molecule has 188 valence electrons. The predicted octanol–water partition coefficient (Wildman–Crippen LogP) is -3.12. The molecule has 0 aromatic rings. The number of rotatable bonds is 20. The van der Waals surface area contributed by atoms with Crippen LogP contribution in [-0.4, -0.2) is 124 Å². The molecule has 0 aliphatic carbocycles. The number of carbonyl (C=O) groups excluding carboxylic acids is 2. The summed E-state index contributed by atoms with van der Waals surface area (Å²) in [5, 5.41) is 51.0. The third-order valence-corrected chi connectivity index (χ3v) is 3.86. The fourth-order valence-electron chi connectivity index (χ4n) is 2.21. The van der Waals surface area contributed by atoms with Crippen molar-refractivity contribution in [1.29, 1.82) is 0 Å². The van der Waals surface area contributed by atoms with Crippen molar-refractivity contribution in [2.45, 2.75) is 51.7 Å².